The number of anilines is 1. The minimum absolute atomic E-state index is 0.0544. The highest BCUT2D eigenvalue weighted by Crippen LogP contribution is 2.29. The highest BCUT2D eigenvalue weighted by atomic mass is 32.2. The molecule has 0 saturated heterocycles. The summed E-state index contributed by atoms with van der Waals surface area (Å²) in [7, 11) is 0. The van der Waals surface area contributed by atoms with Crippen LogP contribution in [0.3, 0.4) is 0 Å². The van der Waals surface area contributed by atoms with Gasteiger partial charge < -0.3 is 10.4 Å². The summed E-state index contributed by atoms with van der Waals surface area (Å²) in [5.41, 5.74) is 3.23. The lowest BCUT2D eigenvalue weighted by Gasteiger charge is -2.20. The van der Waals surface area contributed by atoms with Crippen molar-refractivity contribution in [1.29, 1.82) is 0 Å². The van der Waals surface area contributed by atoms with Crippen molar-refractivity contribution in [2.45, 2.75) is 38.0 Å². The molecule has 2 rings (SSSR count). The van der Waals surface area contributed by atoms with Gasteiger partial charge in [0, 0.05) is 10.6 Å². The average Bonchev–Trinajstić information content (AvgIpc) is 2.47. The Hall–Kier alpha value is -1.94. The molecule has 2 aromatic carbocycles. The van der Waals surface area contributed by atoms with Gasteiger partial charge in [-0.1, -0.05) is 32.9 Å². The molecule has 0 aliphatic carbocycles. The van der Waals surface area contributed by atoms with Gasteiger partial charge in [-0.3, -0.25) is 4.79 Å². The van der Waals surface area contributed by atoms with Crippen molar-refractivity contribution in [3.63, 3.8) is 0 Å². The topological polar surface area (TPSA) is 49.3 Å². The van der Waals surface area contributed by atoms with E-state index in [0.717, 1.165) is 4.90 Å². The number of aromatic hydroxyl groups is 1. The first-order valence-electron chi connectivity index (χ1n) is 7.58. The molecule has 0 radical (unpaired) electrons. The summed E-state index contributed by atoms with van der Waals surface area (Å²) in [5.74, 6) is 0.489. The zero-order valence-corrected chi connectivity index (χ0v) is 14.8. The Morgan fingerprint density at radius 1 is 1.13 bits per heavy atom. The van der Waals surface area contributed by atoms with Gasteiger partial charge in [0.15, 0.2) is 0 Å². The molecule has 0 heterocycles. The molecule has 0 aromatic heterocycles. The largest absolute Gasteiger partial charge is 0.508 e. The van der Waals surface area contributed by atoms with E-state index in [0.29, 0.717) is 11.4 Å². The number of thioether (sulfide) groups is 1. The number of hydrogen-bond donors (Lipinski definition) is 2. The summed E-state index contributed by atoms with van der Waals surface area (Å²) in [5, 5.41) is 12.1. The molecular weight excluding hydrogens is 306 g/mol. The van der Waals surface area contributed by atoms with E-state index in [-0.39, 0.29) is 17.1 Å². The van der Waals surface area contributed by atoms with Crippen LogP contribution in [0.5, 0.6) is 5.75 Å². The fraction of sp³-hybridized carbons (Fsp3) is 0.316. The molecule has 4 heteroatoms. The molecule has 2 N–H and O–H groups in total. The van der Waals surface area contributed by atoms with E-state index in [1.54, 1.807) is 36.0 Å². The molecule has 3 nitrogen and oxygen atoms in total. The molecule has 0 saturated carbocycles. The van der Waals surface area contributed by atoms with Crippen LogP contribution in [0, 0.1) is 6.92 Å². The van der Waals surface area contributed by atoms with Crippen LogP contribution in [0.15, 0.2) is 47.4 Å². The quantitative estimate of drug-likeness (QED) is 0.630. The number of aryl methyl sites for hydroxylation is 1. The van der Waals surface area contributed by atoms with E-state index in [1.165, 1.54) is 11.1 Å². The van der Waals surface area contributed by atoms with Crippen LogP contribution in [-0.4, -0.2) is 16.8 Å². The Bertz CT molecular complexity index is 688. The van der Waals surface area contributed by atoms with E-state index in [1.807, 2.05) is 0 Å². The highest BCUT2D eigenvalue weighted by molar-refractivity contribution is 8.00. The Balaban J connectivity index is 2.00. The first-order chi connectivity index (χ1) is 10.8. The highest BCUT2D eigenvalue weighted by Gasteiger charge is 2.15. The summed E-state index contributed by atoms with van der Waals surface area (Å²) in [6, 6.07) is 12.9. The van der Waals surface area contributed by atoms with Gasteiger partial charge >= 0.3 is 0 Å². The van der Waals surface area contributed by atoms with Crippen molar-refractivity contribution in [3.05, 3.63) is 53.6 Å². The molecule has 23 heavy (non-hydrogen) atoms. The molecular formula is C19H23NO2S. The minimum Gasteiger partial charge on any atom is -0.508 e. The molecule has 0 fully saturated rings. The van der Waals surface area contributed by atoms with Crippen molar-refractivity contribution in [2.75, 3.05) is 11.1 Å². The monoisotopic (exact) mass is 329 g/mol. The van der Waals surface area contributed by atoms with E-state index in [9.17, 15) is 9.90 Å². The smallest absolute Gasteiger partial charge is 0.234 e. The fourth-order valence-corrected chi connectivity index (χ4v) is 2.97. The Kier molecular flexibility index (Phi) is 5.37. The molecule has 0 unspecified atom stereocenters. The summed E-state index contributed by atoms with van der Waals surface area (Å²) >= 11 is 1.55. The number of carbonyl (C=O) groups is 1. The molecule has 122 valence electrons. The molecule has 1 amide bonds. The molecule has 0 atom stereocenters. The molecule has 0 aliphatic rings. The third kappa shape index (κ3) is 5.03. The van der Waals surface area contributed by atoms with Crippen molar-refractivity contribution in [3.8, 4) is 5.75 Å². The van der Waals surface area contributed by atoms with E-state index < -0.39 is 0 Å². The average molecular weight is 329 g/mol. The minimum atomic E-state index is -0.0544. The number of phenols is 1. The van der Waals surface area contributed by atoms with Gasteiger partial charge in [-0.2, -0.15) is 0 Å². The molecule has 0 bridgehead atoms. The number of carbonyl (C=O) groups excluding carboxylic acids is 1. The van der Waals surface area contributed by atoms with Crippen LogP contribution in [0.2, 0.25) is 0 Å². The van der Waals surface area contributed by atoms with Gasteiger partial charge in [-0.25, -0.2) is 0 Å². The number of nitrogens with one attached hydrogen (secondary N) is 1. The summed E-state index contributed by atoms with van der Waals surface area (Å²) in [4.78, 5) is 13.2. The molecule has 0 aliphatic heterocycles. The van der Waals surface area contributed by atoms with E-state index >= 15 is 0 Å². The lowest BCUT2D eigenvalue weighted by Crippen LogP contribution is -2.14. The second kappa shape index (κ2) is 7.09. The number of benzene rings is 2. The van der Waals surface area contributed by atoms with Gasteiger partial charge in [0.05, 0.1) is 5.75 Å². The maximum Gasteiger partial charge on any atom is 0.234 e. The van der Waals surface area contributed by atoms with Crippen LogP contribution in [0.1, 0.15) is 31.9 Å². The third-order valence-corrected chi connectivity index (χ3v) is 4.72. The number of rotatable bonds is 4. The standard InChI is InChI=1S/C19H23NO2S/c1-13-5-6-14(19(2,3)4)11-17(13)23-12-18(22)20-15-7-9-16(21)10-8-15/h5-11,21H,12H2,1-4H3,(H,20,22). The SMILES string of the molecule is Cc1ccc(C(C)(C)C)cc1SCC(=O)Nc1ccc(O)cc1. The lowest BCUT2D eigenvalue weighted by atomic mass is 9.87. The van der Waals surface area contributed by atoms with Crippen molar-refractivity contribution >= 4 is 23.4 Å². The van der Waals surface area contributed by atoms with Crippen LogP contribution in [0.4, 0.5) is 5.69 Å². The van der Waals surface area contributed by atoms with E-state index in [4.69, 9.17) is 0 Å². The normalized spacial score (nSPS) is 11.3. The predicted molar refractivity (Wildman–Crippen MR) is 97.3 cm³/mol. The Morgan fingerprint density at radius 3 is 2.39 bits per heavy atom. The van der Waals surface area contributed by atoms with Crippen LogP contribution in [-0.2, 0) is 10.2 Å². The second-order valence-corrected chi connectivity index (χ2v) is 7.63. The van der Waals surface area contributed by atoms with Crippen molar-refractivity contribution in [2.24, 2.45) is 0 Å². The summed E-state index contributed by atoms with van der Waals surface area (Å²) in [6.45, 7) is 8.61. The molecule has 2 aromatic rings. The van der Waals surface area contributed by atoms with Crippen LogP contribution >= 0.6 is 11.8 Å². The number of amides is 1. The lowest BCUT2D eigenvalue weighted by molar-refractivity contribution is -0.113. The van der Waals surface area contributed by atoms with Gasteiger partial charge in [0.1, 0.15) is 5.75 Å². The first kappa shape index (κ1) is 17.4. The van der Waals surface area contributed by atoms with Crippen molar-refractivity contribution < 1.29 is 9.90 Å². The second-order valence-electron chi connectivity index (χ2n) is 6.61. The summed E-state index contributed by atoms with van der Waals surface area (Å²) in [6.07, 6.45) is 0. The Labute approximate surface area is 142 Å². The number of hydrogen-bond acceptors (Lipinski definition) is 3. The zero-order valence-electron chi connectivity index (χ0n) is 14.0. The van der Waals surface area contributed by atoms with E-state index in [2.05, 4.69) is 51.2 Å². The van der Waals surface area contributed by atoms with Gasteiger partial charge in [0.2, 0.25) is 5.91 Å². The third-order valence-electron chi connectivity index (χ3n) is 3.56. The van der Waals surface area contributed by atoms with Crippen LogP contribution < -0.4 is 5.32 Å². The summed E-state index contributed by atoms with van der Waals surface area (Å²) < 4.78 is 0. The number of phenolic OH excluding ortho intramolecular Hbond substituents is 1. The zero-order chi connectivity index (χ0) is 17.0. The maximum atomic E-state index is 12.1. The maximum absolute atomic E-state index is 12.1. The predicted octanol–water partition coefficient (Wildman–Crippen LogP) is 4.73. The van der Waals surface area contributed by atoms with Gasteiger partial charge in [-0.15, -0.1) is 11.8 Å². The van der Waals surface area contributed by atoms with Gasteiger partial charge in [0.25, 0.3) is 0 Å². The molecule has 0 spiro atoms. The Morgan fingerprint density at radius 2 is 1.78 bits per heavy atom. The van der Waals surface area contributed by atoms with Gasteiger partial charge in [-0.05, 0) is 53.8 Å². The first-order valence-corrected chi connectivity index (χ1v) is 8.57. The van der Waals surface area contributed by atoms with Crippen molar-refractivity contribution in [1.82, 2.24) is 0 Å². The van der Waals surface area contributed by atoms with Crippen LogP contribution in [0.25, 0.3) is 0 Å². The fourth-order valence-electron chi connectivity index (χ4n) is 2.11.